The molecule has 3 aromatic rings. The van der Waals surface area contributed by atoms with Crippen LogP contribution in [-0.2, 0) is 0 Å². The number of nitrogens with one attached hydrogen (secondary N) is 1. The fourth-order valence-corrected chi connectivity index (χ4v) is 2.96. The van der Waals surface area contributed by atoms with Crippen molar-refractivity contribution in [3.05, 3.63) is 73.3 Å². The second-order valence-electron chi connectivity index (χ2n) is 5.25. The molecule has 0 fully saturated rings. The molecule has 23 heavy (non-hydrogen) atoms. The van der Waals surface area contributed by atoms with Crippen LogP contribution in [0.4, 0.5) is 5.69 Å². The zero-order valence-electron chi connectivity index (χ0n) is 12.6. The lowest BCUT2D eigenvalue weighted by Crippen LogP contribution is -2.25. The van der Waals surface area contributed by atoms with Crippen molar-refractivity contribution in [2.45, 2.75) is 13.8 Å². The SMILES string of the molecule is Cc1ccc2nc(C)c(NC(=O)c3ccccc3I)c(=O)n2c1. The van der Waals surface area contributed by atoms with Crippen molar-refractivity contribution in [3.63, 3.8) is 0 Å². The van der Waals surface area contributed by atoms with Crippen molar-refractivity contribution in [2.75, 3.05) is 5.32 Å². The number of anilines is 1. The molecular weight excluding hydrogens is 405 g/mol. The highest BCUT2D eigenvalue weighted by molar-refractivity contribution is 14.1. The van der Waals surface area contributed by atoms with Gasteiger partial charge < -0.3 is 5.32 Å². The highest BCUT2D eigenvalue weighted by Crippen LogP contribution is 2.15. The zero-order chi connectivity index (χ0) is 16.6. The molecule has 0 aliphatic heterocycles. The summed E-state index contributed by atoms with van der Waals surface area (Å²) in [7, 11) is 0. The van der Waals surface area contributed by atoms with Crippen LogP contribution >= 0.6 is 22.6 Å². The number of halogens is 1. The standard InChI is InChI=1S/C17H14IN3O2/c1-10-7-8-14-19-11(2)15(17(23)21(14)9-10)20-16(22)12-5-3-4-6-13(12)18/h3-9H,1-2H3,(H,20,22). The van der Waals surface area contributed by atoms with Gasteiger partial charge in [0, 0.05) is 9.77 Å². The van der Waals surface area contributed by atoms with Crippen molar-refractivity contribution in [3.8, 4) is 0 Å². The van der Waals surface area contributed by atoms with E-state index >= 15 is 0 Å². The highest BCUT2D eigenvalue weighted by atomic mass is 127. The first-order valence-electron chi connectivity index (χ1n) is 7.03. The number of hydrogen-bond donors (Lipinski definition) is 1. The highest BCUT2D eigenvalue weighted by Gasteiger charge is 2.15. The Kier molecular flexibility index (Phi) is 4.16. The Hall–Kier alpha value is -2.22. The second kappa shape index (κ2) is 6.11. The third-order valence-electron chi connectivity index (χ3n) is 3.51. The molecule has 2 heterocycles. The number of aromatic nitrogens is 2. The number of carbonyl (C=O) groups excluding carboxylic acids is 1. The minimum absolute atomic E-state index is 0.206. The third kappa shape index (κ3) is 2.98. The van der Waals surface area contributed by atoms with Gasteiger partial charge in [0.1, 0.15) is 11.3 Å². The van der Waals surface area contributed by atoms with E-state index in [0.29, 0.717) is 16.9 Å². The van der Waals surface area contributed by atoms with Gasteiger partial charge in [-0.2, -0.15) is 0 Å². The van der Waals surface area contributed by atoms with Crippen LogP contribution in [0.25, 0.3) is 5.65 Å². The molecule has 0 saturated carbocycles. The summed E-state index contributed by atoms with van der Waals surface area (Å²) in [6.45, 7) is 3.61. The summed E-state index contributed by atoms with van der Waals surface area (Å²) in [6, 6.07) is 10.9. The van der Waals surface area contributed by atoms with Crippen LogP contribution in [0.15, 0.2) is 47.4 Å². The van der Waals surface area contributed by atoms with E-state index in [1.54, 1.807) is 31.3 Å². The lowest BCUT2D eigenvalue weighted by molar-refractivity contribution is 0.102. The summed E-state index contributed by atoms with van der Waals surface area (Å²) in [4.78, 5) is 29.5. The first kappa shape index (κ1) is 15.7. The van der Waals surface area contributed by atoms with Crippen molar-refractivity contribution in [2.24, 2.45) is 0 Å². The fraction of sp³-hybridized carbons (Fsp3) is 0.118. The van der Waals surface area contributed by atoms with E-state index in [1.165, 1.54) is 4.40 Å². The maximum Gasteiger partial charge on any atom is 0.281 e. The molecule has 3 rings (SSSR count). The molecule has 5 nitrogen and oxygen atoms in total. The maximum absolute atomic E-state index is 12.7. The number of benzene rings is 1. The molecule has 6 heteroatoms. The van der Waals surface area contributed by atoms with Crippen LogP contribution in [0.1, 0.15) is 21.6 Å². The molecule has 0 unspecified atom stereocenters. The van der Waals surface area contributed by atoms with Crippen molar-refractivity contribution in [1.82, 2.24) is 9.38 Å². The average Bonchev–Trinajstić information content (AvgIpc) is 2.52. The largest absolute Gasteiger partial charge is 0.316 e. The minimum Gasteiger partial charge on any atom is -0.316 e. The van der Waals surface area contributed by atoms with E-state index in [4.69, 9.17) is 0 Å². The van der Waals surface area contributed by atoms with Gasteiger partial charge in [0.15, 0.2) is 0 Å². The number of pyridine rings is 1. The topological polar surface area (TPSA) is 63.5 Å². The average molecular weight is 419 g/mol. The van der Waals surface area contributed by atoms with Gasteiger partial charge in [-0.3, -0.25) is 14.0 Å². The summed E-state index contributed by atoms with van der Waals surface area (Å²) in [5.41, 5.74) is 2.46. The van der Waals surface area contributed by atoms with Crippen LogP contribution in [0.5, 0.6) is 0 Å². The fourth-order valence-electron chi connectivity index (χ4n) is 2.33. The Morgan fingerprint density at radius 3 is 2.65 bits per heavy atom. The van der Waals surface area contributed by atoms with Gasteiger partial charge >= 0.3 is 0 Å². The molecule has 1 amide bonds. The van der Waals surface area contributed by atoms with Crippen LogP contribution in [0, 0.1) is 17.4 Å². The first-order chi connectivity index (χ1) is 11.0. The number of nitrogens with zero attached hydrogens (tertiary/aromatic N) is 2. The Labute approximate surface area is 146 Å². The Morgan fingerprint density at radius 2 is 1.91 bits per heavy atom. The lowest BCUT2D eigenvalue weighted by atomic mass is 10.2. The number of amides is 1. The Bertz CT molecular complexity index is 979. The van der Waals surface area contributed by atoms with E-state index < -0.39 is 0 Å². The molecule has 0 aliphatic rings. The van der Waals surface area contributed by atoms with E-state index in [0.717, 1.165) is 9.13 Å². The number of aryl methyl sites for hydroxylation is 2. The lowest BCUT2D eigenvalue weighted by Gasteiger charge is -2.10. The van der Waals surface area contributed by atoms with Crippen LogP contribution in [-0.4, -0.2) is 15.3 Å². The summed E-state index contributed by atoms with van der Waals surface area (Å²) in [5, 5.41) is 2.71. The van der Waals surface area contributed by atoms with E-state index in [1.807, 2.05) is 25.1 Å². The van der Waals surface area contributed by atoms with Crippen molar-refractivity contribution >= 4 is 39.8 Å². The van der Waals surface area contributed by atoms with Gasteiger partial charge in [-0.15, -0.1) is 0 Å². The van der Waals surface area contributed by atoms with Crippen LogP contribution < -0.4 is 10.9 Å². The summed E-state index contributed by atoms with van der Waals surface area (Å²) in [5.74, 6) is -0.315. The molecule has 0 spiro atoms. The minimum atomic E-state index is -0.315. The quantitative estimate of drug-likeness (QED) is 0.650. The first-order valence-corrected chi connectivity index (χ1v) is 8.11. The smallest absolute Gasteiger partial charge is 0.281 e. The van der Waals surface area contributed by atoms with E-state index in [9.17, 15) is 9.59 Å². The molecule has 0 atom stereocenters. The van der Waals surface area contributed by atoms with Crippen LogP contribution in [0.2, 0.25) is 0 Å². The molecular formula is C17H14IN3O2. The number of hydrogen-bond acceptors (Lipinski definition) is 3. The van der Waals surface area contributed by atoms with Gasteiger partial charge in [0.2, 0.25) is 0 Å². The number of fused-ring (bicyclic) bond motifs is 1. The summed E-state index contributed by atoms with van der Waals surface area (Å²) < 4.78 is 2.28. The van der Waals surface area contributed by atoms with E-state index in [-0.39, 0.29) is 17.2 Å². The normalized spacial score (nSPS) is 10.7. The van der Waals surface area contributed by atoms with Crippen molar-refractivity contribution in [1.29, 1.82) is 0 Å². The molecule has 1 N–H and O–H groups in total. The molecule has 0 aliphatic carbocycles. The molecule has 2 aromatic heterocycles. The maximum atomic E-state index is 12.7. The van der Waals surface area contributed by atoms with Crippen molar-refractivity contribution < 1.29 is 4.79 Å². The third-order valence-corrected chi connectivity index (χ3v) is 4.45. The van der Waals surface area contributed by atoms with E-state index in [2.05, 4.69) is 32.9 Å². The molecule has 1 aromatic carbocycles. The zero-order valence-corrected chi connectivity index (χ0v) is 14.8. The predicted molar refractivity (Wildman–Crippen MR) is 98.0 cm³/mol. The second-order valence-corrected chi connectivity index (χ2v) is 6.41. The van der Waals surface area contributed by atoms with Gasteiger partial charge in [-0.1, -0.05) is 18.2 Å². The Morgan fingerprint density at radius 1 is 1.17 bits per heavy atom. The summed E-state index contributed by atoms with van der Waals surface area (Å²) in [6.07, 6.45) is 1.71. The van der Waals surface area contributed by atoms with Gasteiger partial charge in [0.25, 0.3) is 11.5 Å². The molecule has 0 radical (unpaired) electrons. The number of carbonyl (C=O) groups is 1. The van der Waals surface area contributed by atoms with Gasteiger partial charge in [-0.05, 0) is 60.2 Å². The van der Waals surface area contributed by atoms with Gasteiger partial charge in [-0.25, -0.2) is 4.98 Å². The predicted octanol–water partition coefficient (Wildman–Crippen LogP) is 3.17. The monoisotopic (exact) mass is 419 g/mol. The number of rotatable bonds is 2. The Balaban J connectivity index is 2.08. The molecule has 116 valence electrons. The summed E-state index contributed by atoms with van der Waals surface area (Å²) >= 11 is 2.09. The van der Waals surface area contributed by atoms with Crippen LogP contribution in [0.3, 0.4) is 0 Å². The van der Waals surface area contributed by atoms with Gasteiger partial charge in [0.05, 0.1) is 11.3 Å². The molecule has 0 saturated heterocycles. The molecule has 0 bridgehead atoms.